The smallest absolute Gasteiger partial charge is 0.394 e. The summed E-state index contributed by atoms with van der Waals surface area (Å²) in [6.45, 7) is 1.69. The number of aromatic nitrogens is 2. The summed E-state index contributed by atoms with van der Waals surface area (Å²) < 4.78 is 40.0. The first-order valence-electron chi connectivity index (χ1n) is 5.53. The second-order valence-electron chi connectivity index (χ2n) is 4.14. The summed E-state index contributed by atoms with van der Waals surface area (Å²) in [5, 5.41) is 6.74. The highest BCUT2D eigenvalue weighted by Gasteiger charge is 2.33. The van der Waals surface area contributed by atoms with Gasteiger partial charge in [0.05, 0.1) is 22.6 Å². The van der Waals surface area contributed by atoms with Crippen LogP contribution in [0.25, 0.3) is 0 Å². The zero-order valence-electron chi connectivity index (χ0n) is 10.4. The number of nitrogens with one attached hydrogen (secondary N) is 1. The average molecular weight is 270 g/mol. The standard InChI is InChI=1S/C12H13F3N4/c1-7-10(16)11(19(2)18-7)17-9-6-4-3-5-8(9)12(13,14)15/h3-6,17H,16H2,1-2H3. The minimum atomic E-state index is -4.42. The number of para-hydroxylation sites is 1. The van der Waals surface area contributed by atoms with Crippen LogP contribution in [0.15, 0.2) is 24.3 Å². The average Bonchev–Trinajstić information content (AvgIpc) is 2.55. The van der Waals surface area contributed by atoms with Crippen LogP contribution in [0.3, 0.4) is 0 Å². The Morgan fingerprint density at radius 2 is 1.89 bits per heavy atom. The van der Waals surface area contributed by atoms with Gasteiger partial charge < -0.3 is 11.1 Å². The number of nitrogen functional groups attached to an aromatic ring is 1. The highest BCUT2D eigenvalue weighted by Crippen LogP contribution is 2.36. The maximum Gasteiger partial charge on any atom is 0.418 e. The topological polar surface area (TPSA) is 55.9 Å². The Labute approximate surface area is 108 Å². The van der Waals surface area contributed by atoms with Crippen LogP contribution in [0, 0.1) is 6.92 Å². The number of benzene rings is 1. The summed E-state index contributed by atoms with van der Waals surface area (Å²) in [4.78, 5) is 0. The van der Waals surface area contributed by atoms with Crippen molar-refractivity contribution >= 4 is 17.2 Å². The van der Waals surface area contributed by atoms with E-state index < -0.39 is 11.7 Å². The Kier molecular flexibility index (Phi) is 3.13. The van der Waals surface area contributed by atoms with Gasteiger partial charge >= 0.3 is 6.18 Å². The monoisotopic (exact) mass is 270 g/mol. The molecule has 1 aromatic carbocycles. The number of halogens is 3. The molecule has 2 rings (SSSR count). The van der Waals surface area contributed by atoms with Gasteiger partial charge in [-0.15, -0.1) is 0 Å². The molecule has 7 heteroatoms. The van der Waals surface area contributed by atoms with Gasteiger partial charge in [-0.3, -0.25) is 4.68 Å². The quantitative estimate of drug-likeness (QED) is 0.881. The summed E-state index contributed by atoms with van der Waals surface area (Å²) in [5.74, 6) is 0.342. The van der Waals surface area contributed by atoms with E-state index in [2.05, 4.69) is 10.4 Å². The first-order valence-corrected chi connectivity index (χ1v) is 5.53. The lowest BCUT2D eigenvalue weighted by molar-refractivity contribution is -0.136. The van der Waals surface area contributed by atoms with Crippen LogP contribution in [0.2, 0.25) is 0 Å². The minimum absolute atomic E-state index is 0.0512. The second kappa shape index (κ2) is 4.49. The van der Waals surface area contributed by atoms with E-state index in [0.29, 0.717) is 17.2 Å². The number of hydrogen-bond donors (Lipinski definition) is 2. The molecule has 0 aliphatic heterocycles. The molecule has 3 N–H and O–H groups in total. The molecular formula is C12H13F3N4. The van der Waals surface area contributed by atoms with Crippen molar-refractivity contribution in [2.24, 2.45) is 7.05 Å². The fourth-order valence-electron chi connectivity index (χ4n) is 1.79. The molecule has 0 aliphatic rings. The Bertz CT molecular complexity index is 602. The van der Waals surface area contributed by atoms with Crippen LogP contribution in [0.1, 0.15) is 11.3 Å². The Hall–Kier alpha value is -2.18. The molecule has 1 heterocycles. The van der Waals surface area contributed by atoms with Crippen molar-refractivity contribution in [3.05, 3.63) is 35.5 Å². The SMILES string of the molecule is Cc1nn(C)c(Nc2ccccc2C(F)(F)F)c1N. The Morgan fingerprint density at radius 1 is 1.26 bits per heavy atom. The molecule has 0 atom stereocenters. The molecular weight excluding hydrogens is 257 g/mol. The summed E-state index contributed by atoms with van der Waals surface area (Å²) in [6.07, 6.45) is -4.42. The molecule has 0 radical (unpaired) electrons. The fourth-order valence-corrected chi connectivity index (χ4v) is 1.79. The van der Waals surface area contributed by atoms with Crippen molar-refractivity contribution < 1.29 is 13.2 Å². The highest BCUT2D eigenvalue weighted by molar-refractivity contribution is 5.72. The zero-order valence-corrected chi connectivity index (χ0v) is 10.4. The first kappa shape index (κ1) is 13.3. The lowest BCUT2D eigenvalue weighted by atomic mass is 10.1. The molecule has 2 aromatic rings. The highest BCUT2D eigenvalue weighted by atomic mass is 19.4. The molecule has 102 valence electrons. The molecule has 0 saturated carbocycles. The van der Waals surface area contributed by atoms with Crippen LogP contribution in [0.5, 0.6) is 0 Å². The van der Waals surface area contributed by atoms with Crippen LogP contribution < -0.4 is 11.1 Å². The van der Waals surface area contributed by atoms with E-state index in [0.717, 1.165) is 6.07 Å². The maximum absolute atomic E-state index is 12.9. The molecule has 0 spiro atoms. The molecule has 0 fully saturated rings. The number of nitrogens with zero attached hydrogens (tertiary/aromatic N) is 2. The van der Waals surface area contributed by atoms with Crippen molar-refractivity contribution in [1.29, 1.82) is 0 Å². The Morgan fingerprint density at radius 3 is 2.42 bits per heavy atom. The van der Waals surface area contributed by atoms with Gasteiger partial charge in [-0.2, -0.15) is 18.3 Å². The third kappa shape index (κ3) is 2.49. The van der Waals surface area contributed by atoms with E-state index in [1.807, 2.05) is 0 Å². The third-order valence-corrected chi connectivity index (χ3v) is 2.75. The van der Waals surface area contributed by atoms with Crippen molar-refractivity contribution in [2.75, 3.05) is 11.1 Å². The second-order valence-corrected chi connectivity index (χ2v) is 4.14. The number of anilines is 3. The normalized spacial score (nSPS) is 11.6. The van der Waals surface area contributed by atoms with Gasteiger partial charge in [0.2, 0.25) is 0 Å². The van der Waals surface area contributed by atoms with E-state index in [9.17, 15) is 13.2 Å². The van der Waals surface area contributed by atoms with Crippen LogP contribution in [0.4, 0.5) is 30.4 Å². The number of hydrogen-bond acceptors (Lipinski definition) is 3. The van der Waals surface area contributed by atoms with Crippen molar-refractivity contribution in [1.82, 2.24) is 9.78 Å². The number of rotatable bonds is 2. The van der Waals surface area contributed by atoms with E-state index in [1.54, 1.807) is 14.0 Å². The lowest BCUT2D eigenvalue weighted by Gasteiger charge is -2.14. The van der Waals surface area contributed by atoms with E-state index >= 15 is 0 Å². The minimum Gasteiger partial charge on any atom is -0.394 e. The third-order valence-electron chi connectivity index (χ3n) is 2.75. The molecule has 4 nitrogen and oxygen atoms in total. The summed E-state index contributed by atoms with van der Waals surface area (Å²) in [6, 6.07) is 5.23. The predicted molar refractivity (Wildman–Crippen MR) is 67.1 cm³/mol. The number of alkyl halides is 3. The van der Waals surface area contributed by atoms with E-state index in [1.165, 1.54) is 22.9 Å². The summed E-state index contributed by atoms with van der Waals surface area (Å²) in [5.41, 5.74) is 5.89. The molecule has 0 unspecified atom stereocenters. The molecule has 19 heavy (non-hydrogen) atoms. The van der Waals surface area contributed by atoms with Gasteiger partial charge in [-0.1, -0.05) is 12.1 Å². The largest absolute Gasteiger partial charge is 0.418 e. The molecule has 0 saturated heterocycles. The number of nitrogens with two attached hydrogens (primary N) is 1. The first-order chi connectivity index (χ1) is 8.80. The lowest BCUT2D eigenvalue weighted by Crippen LogP contribution is -2.10. The molecule has 0 aliphatic carbocycles. The van der Waals surface area contributed by atoms with E-state index in [4.69, 9.17) is 5.73 Å². The molecule has 0 amide bonds. The zero-order chi connectivity index (χ0) is 14.2. The summed E-state index contributed by atoms with van der Waals surface area (Å²) in [7, 11) is 1.61. The summed E-state index contributed by atoms with van der Waals surface area (Å²) >= 11 is 0. The van der Waals surface area contributed by atoms with Crippen LogP contribution in [-0.2, 0) is 13.2 Å². The fraction of sp³-hybridized carbons (Fsp3) is 0.250. The van der Waals surface area contributed by atoms with Gasteiger partial charge in [-0.05, 0) is 19.1 Å². The molecule has 0 bridgehead atoms. The Balaban J connectivity index is 2.45. The van der Waals surface area contributed by atoms with Crippen molar-refractivity contribution in [3.63, 3.8) is 0 Å². The van der Waals surface area contributed by atoms with Crippen molar-refractivity contribution in [2.45, 2.75) is 13.1 Å². The van der Waals surface area contributed by atoms with Crippen LogP contribution in [-0.4, -0.2) is 9.78 Å². The predicted octanol–water partition coefficient (Wildman–Crippen LogP) is 3.07. The number of aryl methyl sites for hydroxylation is 2. The van der Waals surface area contributed by atoms with Gasteiger partial charge in [-0.25, -0.2) is 0 Å². The van der Waals surface area contributed by atoms with Crippen LogP contribution >= 0.6 is 0 Å². The van der Waals surface area contributed by atoms with Gasteiger partial charge in [0, 0.05) is 7.05 Å². The maximum atomic E-state index is 12.9. The van der Waals surface area contributed by atoms with Gasteiger partial charge in [0.1, 0.15) is 0 Å². The molecule has 1 aromatic heterocycles. The van der Waals surface area contributed by atoms with E-state index in [-0.39, 0.29) is 5.69 Å². The van der Waals surface area contributed by atoms with Crippen molar-refractivity contribution in [3.8, 4) is 0 Å². The van der Waals surface area contributed by atoms with Gasteiger partial charge in [0.15, 0.2) is 5.82 Å². The van der Waals surface area contributed by atoms with Gasteiger partial charge in [0.25, 0.3) is 0 Å².